The highest BCUT2D eigenvalue weighted by molar-refractivity contribution is 9.10. The van der Waals surface area contributed by atoms with Gasteiger partial charge in [0.2, 0.25) is 0 Å². The minimum Gasteiger partial charge on any atom is -0.297 e. The van der Waals surface area contributed by atoms with Crippen molar-refractivity contribution in [3.05, 3.63) is 60.2 Å². The number of nitrogens with zero attached hydrogens (tertiary/aromatic N) is 2. The molecule has 0 aromatic carbocycles. The zero-order valence-corrected chi connectivity index (χ0v) is 13.9. The van der Waals surface area contributed by atoms with Crippen LogP contribution < -0.4 is 0 Å². The molecule has 2 aromatic heterocycles. The van der Waals surface area contributed by atoms with Crippen molar-refractivity contribution in [2.75, 3.05) is 0 Å². The molecule has 0 bridgehead atoms. The molecule has 2 aromatic rings. The summed E-state index contributed by atoms with van der Waals surface area (Å²) in [5.41, 5.74) is 2.19. The first-order valence-corrected chi connectivity index (χ1v) is 8.09. The van der Waals surface area contributed by atoms with Crippen molar-refractivity contribution in [3.8, 4) is 0 Å². The molecule has 20 heavy (non-hydrogen) atoms. The Kier molecular flexibility index (Phi) is 5.86. The molecular formula is C15H14Br2N2O. The molecule has 2 atom stereocenters. The molecule has 3 nitrogen and oxygen atoms in total. The van der Waals surface area contributed by atoms with E-state index in [0.717, 1.165) is 11.1 Å². The molecule has 0 spiro atoms. The number of alkyl halides is 2. The predicted octanol–water partition coefficient (Wildman–Crippen LogP) is 3.36. The normalized spacial score (nSPS) is 13.7. The van der Waals surface area contributed by atoms with Crippen LogP contribution in [-0.4, -0.2) is 25.4 Å². The maximum absolute atomic E-state index is 12.3. The molecule has 2 rings (SSSR count). The lowest BCUT2D eigenvalue weighted by atomic mass is 10.0. The van der Waals surface area contributed by atoms with E-state index in [-0.39, 0.29) is 15.4 Å². The molecule has 0 fully saturated rings. The Labute approximate surface area is 135 Å². The number of Topliss-reactive ketones (excluding diaryl/α,β-unsaturated/α-hetero) is 1. The second-order valence-corrected chi connectivity index (χ2v) is 6.67. The van der Waals surface area contributed by atoms with E-state index < -0.39 is 0 Å². The van der Waals surface area contributed by atoms with Crippen molar-refractivity contribution in [2.24, 2.45) is 0 Å². The van der Waals surface area contributed by atoms with E-state index >= 15 is 0 Å². The fourth-order valence-corrected chi connectivity index (χ4v) is 3.59. The van der Waals surface area contributed by atoms with E-state index in [0.29, 0.717) is 12.8 Å². The lowest BCUT2D eigenvalue weighted by molar-refractivity contribution is -0.117. The van der Waals surface area contributed by atoms with Gasteiger partial charge in [-0.2, -0.15) is 0 Å². The van der Waals surface area contributed by atoms with Crippen LogP contribution in [0.1, 0.15) is 11.1 Å². The van der Waals surface area contributed by atoms with Crippen molar-refractivity contribution in [2.45, 2.75) is 22.5 Å². The van der Waals surface area contributed by atoms with Gasteiger partial charge in [-0.1, -0.05) is 31.9 Å². The van der Waals surface area contributed by atoms with E-state index in [9.17, 15) is 4.79 Å². The maximum atomic E-state index is 12.3. The molecule has 5 heteroatoms. The predicted molar refractivity (Wildman–Crippen MR) is 86.3 cm³/mol. The lowest BCUT2D eigenvalue weighted by Crippen LogP contribution is -2.27. The number of hydrogen-bond acceptors (Lipinski definition) is 3. The SMILES string of the molecule is O=C(C(Br)Cc1ccncc1)C(Br)Cc1ccncc1. The molecule has 0 radical (unpaired) electrons. The van der Waals surface area contributed by atoms with Crippen LogP contribution in [0.4, 0.5) is 0 Å². The second kappa shape index (κ2) is 7.64. The van der Waals surface area contributed by atoms with Crippen LogP contribution in [0.3, 0.4) is 0 Å². The van der Waals surface area contributed by atoms with Gasteiger partial charge in [0.15, 0.2) is 5.78 Å². The molecule has 2 unspecified atom stereocenters. The highest BCUT2D eigenvalue weighted by Gasteiger charge is 2.23. The minimum atomic E-state index is -0.198. The summed E-state index contributed by atoms with van der Waals surface area (Å²) in [6, 6.07) is 7.70. The molecule has 0 aliphatic carbocycles. The average Bonchev–Trinajstić information content (AvgIpc) is 2.48. The molecular weight excluding hydrogens is 384 g/mol. The summed E-state index contributed by atoms with van der Waals surface area (Å²) < 4.78 is 0. The van der Waals surface area contributed by atoms with Crippen molar-refractivity contribution in [3.63, 3.8) is 0 Å². The Hall–Kier alpha value is -1.07. The Morgan fingerprint density at radius 2 is 1.20 bits per heavy atom. The van der Waals surface area contributed by atoms with E-state index in [4.69, 9.17) is 0 Å². The second-order valence-electron chi connectivity index (χ2n) is 4.46. The van der Waals surface area contributed by atoms with Crippen LogP contribution in [0, 0.1) is 0 Å². The number of rotatable bonds is 6. The summed E-state index contributed by atoms with van der Waals surface area (Å²) in [4.78, 5) is 19.9. The van der Waals surface area contributed by atoms with Crippen LogP contribution in [0.5, 0.6) is 0 Å². The van der Waals surface area contributed by atoms with Crippen molar-refractivity contribution in [1.29, 1.82) is 0 Å². The zero-order valence-electron chi connectivity index (χ0n) is 10.7. The van der Waals surface area contributed by atoms with Gasteiger partial charge < -0.3 is 0 Å². The molecule has 0 aliphatic heterocycles. The average molecular weight is 398 g/mol. The fourth-order valence-electron chi connectivity index (χ4n) is 1.85. The standard InChI is InChI=1S/C15H14Br2N2O/c16-13(9-11-1-5-18-6-2-11)15(20)14(17)10-12-3-7-19-8-4-12/h1-8,13-14H,9-10H2. The largest absolute Gasteiger partial charge is 0.297 e. The smallest absolute Gasteiger partial charge is 0.160 e. The molecule has 0 N–H and O–H groups in total. The monoisotopic (exact) mass is 396 g/mol. The Bertz CT molecular complexity index is 499. The first-order chi connectivity index (χ1) is 9.66. The summed E-state index contributed by atoms with van der Waals surface area (Å²) in [5, 5.41) is 0. The Morgan fingerprint density at radius 3 is 1.55 bits per heavy atom. The quantitative estimate of drug-likeness (QED) is 0.702. The minimum absolute atomic E-state index is 0.152. The van der Waals surface area contributed by atoms with Crippen molar-refractivity contribution < 1.29 is 4.79 Å². The molecule has 2 heterocycles. The molecule has 0 saturated heterocycles. The number of halogens is 2. The highest BCUT2D eigenvalue weighted by atomic mass is 79.9. The number of carbonyl (C=O) groups excluding carboxylic acids is 1. The third kappa shape index (κ3) is 4.49. The molecule has 0 amide bonds. The zero-order chi connectivity index (χ0) is 14.4. The van der Waals surface area contributed by atoms with Crippen LogP contribution in [-0.2, 0) is 17.6 Å². The van der Waals surface area contributed by atoms with Crippen LogP contribution in [0.15, 0.2) is 49.1 Å². The fraction of sp³-hybridized carbons (Fsp3) is 0.267. The Balaban J connectivity index is 1.93. The third-order valence-corrected chi connectivity index (χ3v) is 4.50. The van der Waals surface area contributed by atoms with Gasteiger partial charge in [-0.3, -0.25) is 14.8 Å². The van der Waals surface area contributed by atoms with Gasteiger partial charge in [-0.05, 0) is 48.2 Å². The van der Waals surface area contributed by atoms with Gasteiger partial charge >= 0.3 is 0 Å². The van der Waals surface area contributed by atoms with Gasteiger partial charge in [-0.25, -0.2) is 0 Å². The number of aromatic nitrogens is 2. The number of ketones is 1. The van der Waals surface area contributed by atoms with Crippen molar-refractivity contribution in [1.82, 2.24) is 9.97 Å². The summed E-state index contributed by atoms with van der Waals surface area (Å²) in [6.07, 6.45) is 8.29. The van der Waals surface area contributed by atoms with E-state index in [1.54, 1.807) is 24.8 Å². The van der Waals surface area contributed by atoms with E-state index in [1.165, 1.54) is 0 Å². The van der Waals surface area contributed by atoms with Gasteiger partial charge in [-0.15, -0.1) is 0 Å². The molecule has 104 valence electrons. The third-order valence-electron chi connectivity index (χ3n) is 2.95. The summed E-state index contributed by atoms with van der Waals surface area (Å²) in [6.45, 7) is 0. The Morgan fingerprint density at radius 1 is 0.850 bits per heavy atom. The lowest BCUT2D eigenvalue weighted by Gasteiger charge is -2.14. The van der Waals surface area contributed by atoms with Crippen molar-refractivity contribution >= 4 is 37.6 Å². The first-order valence-electron chi connectivity index (χ1n) is 6.26. The highest BCUT2D eigenvalue weighted by Crippen LogP contribution is 2.18. The van der Waals surface area contributed by atoms with Crippen LogP contribution >= 0.6 is 31.9 Å². The number of pyridine rings is 2. The van der Waals surface area contributed by atoms with Crippen LogP contribution in [0.25, 0.3) is 0 Å². The summed E-state index contributed by atoms with van der Waals surface area (Å²) in [5.74, 6) is 0.152. The van der Waals surface area contributed by atoms with Crippen LogP contribution in [0.2, 0.25) is 0 Å². The van der Waals surface area contributed by atoms with E-state index in [1.807, 2.05) is 24.3 Å². The number of hydrogen-bond donors (Lipinski definition) is 0. The number of carbonyl (C=O) groups is 1. The molecule has 0 aliphatic rings. The summed E-state index contributed by atoms with van der Waals surface area (Å²) in [7, 11) is 0. The van der Waals surface area contributed by atoms with E-state index in [2.05, 4.69) is 41.8 Å². The molecule has 0 saturated carbocycles. The summed E-state index contributed by atoms with van der Waals surface area (Å²) >= 11 is 6.96. The first kappa shape index (κ1) is 15.3. The van der Waals surface area contributed by atoms with Gasteiger partial charge in [0.1, 0.15) is 0 Å². The van der Waals surface area contributed by atoms with Gasteiger partial charge in [0.25, 0.3) is 0 Å². The maximum Gasteiger partial charge on any atom is 0.160 e. The van der Waals surface area contributed by atoms with Gasteiger partial charge in [0, 0.05) is 24.8 Å². The topological polar surface area (TPSA) is 42.9 Å². The van der Waals surface area contributed by atoms with Gasteiger partial charge in [0.05, 0.1) is 9.65 Å².